The largest absolute Gasteiger partial charge is 0.340 e. The molecule has 27 heavy (non-hydrogen) atoms. The van der Waals surface area contributed by atoms with Gasteiger partial charge in [-0.2, -0.15) is 9.57 Å². The second kappa shape index (κ2) is 7.91. The lowest BCUT2D eigenvalue weighted by Crippen LogP contribution is -2.51. The van der Waals surface area contributed by atoms with E-state index in [0.29, 0.717) is 19.5 Å². The van der Waals surface area contributed by atoms with Crippen LogP contribution in [0.15, 0.2) is 53.4 Å². The zero-order chi connectivity index (χ0) is 19.4. The van der Waals surface area contributed by atoms with E-state index in [9.17, 15) is 18.5 Å². The van der Waals surface area contributed by atoms with E-state index in [0.717, 1.165) is 11.1 Å². The maximum atomic E-state index is 12.9. The van der Waals surface area contributed by atoms with Crippen LogP contribution >= 0.6 is 0 Å². The Hall–Kier alpha value is -2.69. The number of aryl methyl sites for hydroxylation is 1. The first-order valence-electron chi connectivity index (χ1n) is 8.75. The summed E-state index contributed by atoms with van der Waals surface area (Å²) in [6, 6.07) is 15.9. The van der Waals surface area contributed by atoms with Crippen LogP contribution in [0.2, 0.25) is 0 Å². The number of amides is 1. The molecule has 0 radical (unpaired) electrons. The van der Waals surface area contributed by atoms with Gasteiger partial charge in [-0.05, 0) is 30.2 Å². The molecule has 1 aliphatic rings. The van der Waals surface area contributed by atoms with Crippen molar-refractivity contribution in [3.63, 3.8) is 0 Å². The first kappa shape index (κ1) is 19.1. The molecule has 0 unspecified atom stereocenters. The van der Waals surface area contributed by atoms with Crippen LogP contribution in [0.3, 0.4) is 0 Å². The lowest BCUT2D eigenvalue weighted by molar-refractivity contribution is -0.131. The van der Waals surface area contributed by atoms with Crippen molar-refractivity contribution >= 4 is 15.9 Å². The molecule has 2 aromatic rings. The van der Waals surface area contributed by atoms with Crippen LogP contribution in [0.5, 0.6) is 0 Å². The summed E-state index contributed by atoms with van der Waals surface area (Å²) in [6.45, 7) is 3.11. The number of benzene rings is 2. The molecular weight excluding hydrogens is 362 g/mol. The molecule has 1 aliphatic heterocycles. The number of piperazine rings is 1. The normalized spacial score (nSPS) is 15.3. The van der Waals surface area contributed by atoms with Crippen molar-refractivity contribution in [3.8, 4) is 6.07 Å². The van der Waals surface area contributed by atoms with Gasteiger partial charge >= 0.3 is 0 Å². The number of carbonyl (C=O) groups is 1. The van der Waals surface area contributed by atoms with Crippen molar-refractivity contribution in [3.05, 3.63) is 65.2 Å². The maximum absolute atomic E-state index is 12.9. The minimum atomic E-state index is -3.75. The summed E-state index contributed by atoms with van der Waals surface area (Å²) in [7, 11) is -3.75. The van der Waals surface area contributed by atoms with E-state index in [2.05, 4.69) is 0 Å². The summed E-state index contributed by atoms with van der Waals surface area (Å²) < 4.78 is 27.0. The molecule has 6 nitrogen and oxygen atoms in total. The molecule has 3 rings (SSSR count). The highest BCUT2D eigenvalue weighted by atomic mass is 32.2. The molecule has 140 valence electrons. The highest BCUT2D eigenvalue weighted by Crippen LogP contribution is 2.21. The molecule has 1 saturated heterocycles. The third-order valence-electron chi connectivity index (χ3n) is 4.82. The van der Waals surface area contributed by atoms with Crippen LogP contribution < -0.4 is 0 Å². The van der Waals surface area contributed by atoms with E-state index in [4.69, 9.17) is 0 Å². The van der Waals surface area contributed by atoms with Crippen molar-refractivity contribution in [2.75, 3.05) is 26.2 Å². The fourth-order valence-corrected chi connectivity index (χ4v) is 4.75. The molecule has 1 fully saturated rings. The molecule has 0 spiro atoms. The number of nitriles is 1. The number of sulfonamides is 1. The van der Waals surface area contributed by atoms with Gasteiger partial charge in [-0.3, -0.25) is 4.79 Å². The zero-order valence-corrected chi connectivity index (χ0v) is 15.9. The van der Waals surface area contributed by atoms with Gasteiger partial charge in [0.2, 0.25) is 15.9 Å². The van der Waals surface area contributed by atoms with Crippen LogP contribution in [-0.2, 0) is 21.2 Å². The van der Waals surface area contributed by atoms with E-state index in [1.165, 1.54) is 16.4 Å². The standard InChI is InChI=1S/C20H21N3O3S/c1-16-6-2-3-7-17(16)14-20(24)22-10-12-23(13-11-22)27(25,26)19-9-5-4-8-18(19)15-21/h2-9H,10-14H2,1H3. The Balaban J connectivity index is 1.67. The number of rotatable bonds is 4. The maximum Gasteiger partial charge on any atom is 0.244 e. The van der Waals surface area contributed by atoms with Gasteiger partial charge < -0.3 is 4.90 Å². The molecule has 0 atom stereocenters. The summed E-state index contributed by atoms with van der Waals surface area (Å²) in [5.74, 6) is -0.00114. The Labute approximate surface area is 159 Å². The van der Waals surface area contributed by atoms with Crippen LogP contribution in [0, 0.1) is 18.3 Å². The summed E-state index contributed by atoms with van der Waals surface area (Å²) in [4.78, 5) is 14.3. The number of carbonyl (C=O) groups excluding carboxylic acids is 1. The first-order chi connectivity index (χ1) is 12.9. The highest BCUT2D eigenvalue weighted by molar-refractivity contribution is 7.89. The average molecular weight is 383 g/mol. The van der Waals surface area contributed by atoms with Gasteiger partial charge in [-0.25, -0.2) is 8.42 Å². The van der Waals surface area contributed by atoms with Crippen molar-refractivity contribution in [1.82, 2.24) is 9.21 Å². The van der Waals surface area contributed by atoms with E-state index in [1.54, 1.807) is 17.0 Å². The lowest BCUT2D eigenvalue weighted by atomic mass is 10.1. The smallest absolute Gasteiger partial charge is 0.244 e. The molecule has 0 N–H and O–H groups in total. The molecule has 0 aliphatic carbocycles. The Bertz CT molecular complexity index is 988. The Kier molecular flexibility index (Phi) is 5.59. The number of hydrogen-bond donors (Lipinski definition) is 0. The van der Waals surface area contributed by atoms with E-state index in [-0.39, 0.29) is 29.5 Å². The van der Waals surface area contributed by atoms with Gasteiger partial charge in [0.25, 0.3) is 0 Å². The van der Waals surface area contributed by atoms with E-state index >= 15 is 0 Å². The summed E-state index contributed by atoms with van der Waals surface area (Å²) >= 11 is 0. The topological polar surface area (TPSA) is 81.5 Å². The highest BCUT2D eigenvalue weighted by Gasteiger charge is 2.31. The van der Waals surface area contributed by atoms with Crippen molar-refractivity contribution in [1.29, 1.82) is 5.26 Å². The van der Waals surface area contributed by atoms with Crippen LogP contribution in [0.25, 0.3) is 0 Å². The molecule has 1 heterocycles. The Morgan fingerprint density at radius 3 is 2.33 bits per heavy atom. The predicted octanol–water partition coefficient (Wildman–Crippen LogP) is 1.94. The van der Waals surface area contributed by atoms with E-state index < -0.39 is 10.0 Å². The molecule has 2 aromatic carbocycles. The molecule has 7 heteroatoms. The average Bonchev–Trinajstić information content (AvgIpc) is 2.69. The molecular formula is C20H21N3O3S. The molecule has 0 aromatic heterocycles. The monoisotopic (exact) mass is 383 g/mol. The van der Waals surface area contributed by atoms with Gasteiger partial charge in [0.15, 0.2) is 0 Å². The lowest BCUT2D eigenvalue weighted by Gasteiger charge is -2.34. The first-order valence-corrected chi connectivity index (χ1v) is 10.2. The summed E-state index contributed by atoms with van der Waals surface area (Å²) in [5, 5.41) is 9.17. The molecule has 0 saturated carbocycles. The Morgan fingerprint density at radius 1 is 1.04 bits per heavy atom. The summed E-state index contributed by atoms with van der Waals surface area (Å²) in [6.07, 6.45) is 0.316. The predicted molar refractivity (Wildman–Crippen MR) is 101 cm³/mol. The Morgan fingerprint density at radius 2 is 1.67 bits per heavy atom. The van der Waals surface area contributed by atoms with Crippen LogP contribution in [0.1, 0.15) is 16.7 Å². The molecule has 1 amide bonds. The van der Waals surface area contributed by atoms with Gasteiger partial charge in [0.1, 0.15) is 6.07 Å². The van der Waals surface area contributed by atoms with Gasteiger partial charge in [-0.1, -0.05) is 36.4 Å². The number of hydrogen-bond acceptors (Lipinski definition) is 4. The SMILES string of the molecule is Cc1ccccc1CC(=O)N1CCN(S(=O)(=O)c2ccccc2C#N)CC1. The van der Waals surface area contributed by atoms with Crippen LogP contribution in [0.4, 0.5) is 0 Å². The fraction of sp³-hybridized carbons (Fsp3) is 0.300. The van der Waals surface area contributed by atoms with Crippen molar-refractivity contribution in [2.24, 2.45) is 0 Å². The third kappa shape index (κ3) is 4.02. The van der Waals surface area contributed by atoms with Crippen LogP contribution in [-0.4, -0.2) is 49.7 Å². The van der Waals surface area contributed by atoms with Gasteiger partial charge in [0, 0.05) is 26.2 Å². The fourth-order valence-electron chi connectivity index (χ4n) is 3.18. The quantitative estimate of drug-likeness (QED) is 0.808. The minimum Gasteiger partial charge on any atom is -0.340 e. The minimum absolute atomic E-state index is 0.00114. The summed E-state index contributed by atoms with van der Waals surface area (Å²) in [5.41, 5.74) is 2.19. The van der Waals surface area contributed by atoms with Gasteiger partial charge in [0.05, 0.1) is 16.9 Å². The zero-order valence-electron chi connectivity index (χ0n) is 15.1. The number of nitrogens with zero attached hydrogens (tertiary/aromatic N) is 3. The van der Waals surface area contributed by atoms with Crippen molar-refractivity contribution < 1.29 is 13.2 Å². The second-order valence-electron chi connectivity index (χ2n) is 6.50. The van der Waals surface area contributed by atoms with E-state index in [1.807, 2.05) is 37.3 Å². The third-order valence-corrected chi connectivity index (χ3v) is 6.78. The van der Waals surface area contributed by atoms with Gasteiger partial charge in [-0.15, -0.1) is 0 Å². The molecule has 0 bridgehead atoms. The van der Waals surface area contributed by atoms with Crippen molar-refractivity contribution in [2.45, 2.75) is 18.2 Å². The second-order valence-corrected chi connectivity index (χ2v) is 8.40.